The molecule has 1 saturated heterocycles. The van der Waals surface area contributed by atoms with Crippen molar-refractivity contribution in [3.05, 3.63) is 18.1 Å². The van der Waals surface area contributed by atoms with Crippen LogP contribution in [0.4, 0.5) is 5.82 Å². The standard InChI is InChI=1S/C13H23N5/c1-11-9-17(3)5-4-6-18(11)10-12-7-16-13(14-2)8-15-12/h7-8,11H,4-6,9-10H2,1-3H3,(H,14,16). The molecule has 2 heterocycles. The Morgan fingerprint density at radius 2 is 2.17 bits per heavy atom. The van der Waals surface area contributed by atoms with Crippen LogP contribution < -0.4 is 5.32 Å². The molecule has 0 spiro atoms. The number of rotatable bonds is 3. The van der Waals surface area contributed by atoms with Crippen molar-refractivity contribution in [1.29, 1.82) is 0 Å². The Morgan fingerprint density at radius 1 is 1.33 bits per heavy atom. The summed E-state index contributed by atoms with van der Waals surface area (Å²) >= 11 is 0. The molecule has 0 aromatic carbocycles. The third-order valence-corrected chi connectivity index (χ3v) is 3.51. The van der Waals surface area contributed by atoms with Gasteiger partial charge in [-0.1, -0.05) is 0 Å². The van der Waals surface area contributed by atoms with E-state index in [2.05, 4.69) is 39.1 Å². The van der Waals surface area contributed by atoms with Crippen LogP contribution in [0.15, 0.2) is 12.4 Å². The van der Waals surface area contributed by atoms with Crippen LogP contribution in [0.2, 0.25) is 0 Å². The smallest absolute Gasteiger partial charge is 0.144 e. The number of likely N-dealkylation sites (N-methyl/N-ethyl adjacent to an activating group) is 1. The maximum absolute atomic E-state index is 4.45. The average molecular weight is 249 g/mol. The van der Waals surface area contributed by atoms with Gasteiger partial charge in [-0.25, -0.2) is 4.98 Å². The van der Waals surface area contributed by atoms with Crippen LogP contribution >= 0.6 is 0 Å². The van der Waals surface area contributed by atoms with Crippen LogP contribution in [0.3, 0.4) is 0 Å². The number of hydrogen-bond donors (Lipinski definition) is 1. The van der Waals surface area contributed by atoms with Crippen LogP contribution in [0.25, 0.3) is 0 Å². The highest BCUT2D eigenvalue weighted by Gasteiger charge is 2.19. The monoisotopic (exact) mass is 249 g/mol. The normalized spacial score (nSPS) is 22.7. The summed E-state index contributed by atoms with van der Waals surface area (Å²) in [6.45, 7) is 6.64. The molecule has 1 aliphatic rings. The van der Waals surface area contributed by atoms with Crippen molar-refractivity contribution >= 4 is 5.82 Å². The Hall–Kier alpha value is -1.20. The van der Waals surface area contributed by atoms with Gasteiger partial charge in [-0.2, -0.15) is 0 Å². The Kier molecular flexibility index (Phi) is 4.49. The molecule has 1 atom stereocenters. The average Bonchev–Trinajstić information content (AvgIpc) is 2.52. The molecule has 0 bridgehead atoms. The lowest BCUT2D eigenvalue weighted by Gasteiger charge is -2.27. The quantitative estimate of drug-likeness (QED) is 0.867. The molecular formula is C13H23N5. The fourth-order valence-corrected chi connectivity index (χ4v) is 2.43. The van der Waals surface area contributed by atoms with E-state index in [-0.39, 0.29) is 0 Å². The number of nitrogens with zero attached hydrogens (tertiary/aromatic N) is 4. The molecule has 0 aliphatic carbocycles. The minimum absolute atomic E-state index is 0.572. The van der Waals surface area contributed by atoms with Crippen LogP contribution in [0.5, 0.6) is 0 Å². The minimum Gasteiger partial charge on any atom is -0.372 e. The minimum atomic E-state index is 0.572. The molecule has 1 aliphatic heterocycles. The zero-order chi connectivity index (χ0) is 13.0. The third kappa shape index (κ3) is 3.40. The molecule has 1 aromatic rings. The number of nitrogens with one attached hydrogen (secondary N) is 1. The highest BCUT2D eigenvalue weighted by molar-refractivity contribution is 5.29. The van der Waals surface area contributed by atoms with Gasteiger partial charge in [0.1, 0.15) is 5.82 Å². The molecule has 1 N–H and O–H groups in total. The number of hydrogen-bond acceptors (Lipinski definition) is 5. The summed E-state index contributed by atoms with van der Waals surface area (Å²) in [6, 6.07) is 0.572. The molecule has 0 amide bonds. The zero-order valence-corrected chi connectivity index (χ0v) is 11.6. The van der Waals surface area contributed by atoms with Crippen molar-refractivity contribution in [3.63, 3.8) is 0 Å². The maximum Gasteiger partial charge on any atom is 0.144 e. The van der Waals surface area contributed by atoms with Gasteiger partial charge in [-0.05, 0) is 26.9 Å². The fourth-order valence-electron chi connectivity index (χ4n) is 2.43. The Bertz CT molecular complexity index is 364. The summed E-state index contributed by atoms with van der Waals surface area (Å²) in [7, 11) is 4.05. The van der Waals surface area contributed by atoms with E-state index in [4.69, 9.17) is 0 Å². The summed E-state index contributed by atoms with van der Waals surface area (Å²) in [6.07, 6.45) is 4.89. The van der Waals surface area contributed by atoms with Crippen molar-refractivity contribution in [2.45, 2.75) is 25.9 Å². The highest BCUT2D eigenvalue weighted by atomic mass is 15.2. The molecule has 1 unspecified atom stereocenters. The predicted molar refractivity (Wildman–Crippen MR) is 73.6 cm³/mol. The van der Waals surface area contributed by atoms with Gasteiger partial charge in [-0.15, -0.1) is 0 Å². The van der Waals surface area contributed by atoms with E-state index in [0.717, 1.165) is 31.1 Å². The van der Waals surface area contributed by atoms with E-state index < -0.39 is 0 Å². The van der Waals surface area contributed by atoms with Crippen LogP contribution in [0, 0.1) is 0 Å². The van der Waals surface area contributed by atoms with Crippen LogP contribution in [-0.2, 0) is 6.54 Å². The van der Waals surface area contributed by atoms with Gasteiger partial charge in [0.15, 0.2) is 0 Å². The first kappa shape index (κ1) is 13.2. The molecule has 2 rings (SSSR count). The van der Waals surface area contributed by atoms with Gasteiger partial charge >= 0.3 is 0 Å². The van der Waals surface area contributed by atoms with Crippen LogP contribution in [-0.4, -0.2) is 59.5 Å². The lowest BCUT2D eigenvalue weighted by Crippen LogP contribution is -2.37. The molecule has 100 valence electrons. The molecule has 0 radical (unpaired) electrons. The lowest BCUT2D eigenvalue weighted by molar-refractivity contribution is 0.192. The SMILES string of the molecule is CNc1cnc(CN2CCCN(C)CC2C)cn1. The first-order valence-electron chi connectivity index (χ1n) is 6.60. The van der Waals surface area contributed by atoms with E-state index >= 15 is 0 Å². The van der Waals surface area contributed by atoms with E-state index in [1.807, 2.05) is 13.2 Å². The van der Waals surface area contributed by atoms with E-state index in [0.29, 0.717) is 6.04 Å². The Morgan fingerprint density at radius 3 is 2.83 bits per heavy atom. The van der Waals surface area contributed by atoms with Gasteiger partial charge in [0.25, 0.3) is 0 Å². The number of aromatic nitrogens is 2. The van der Waals surface area contributed by atoms with Crippen molar-refractivity contribution in [1.82, 2.24) is 19.8 Å². The molecule has 0 saturated carbocycles. The molecule has 1 aromatic heterocycles. The molecule has 5 nitrogen and oxygen atoms in total. The summed E-state index contributed by atoms with van der Waals surface area (Å²) in [5, 5.41) is 2.99. The molecule has 18 heavy (non-hydrogen) atoms. The van der Waals surface area contributed by atoms with Gasteiger partial charge in [-0.3, -0.25) is 9.88 Å². The summed E-state index contributed by atoms with van der Waals surface area (Å²) in [4.78, 5) is 13.7. The Labute approximate surface area is 109 Å². The largest absolute Gasteiger partial charge is 0.372 e. The van der Waals surface area contributed by atoms with Gasteiger partial charge in [0.05, 0.1) is 18.1 Å². The Balaban J connectivity index is 1.98. The summed E-state index contributed by atoms with van der Waals surface area (Å²) in [5.74, 6) is 0.822. The third-order valence-electron chi connectivity index (χ3n) is 3.51. The second-order valence-corrected chi connectivity index (χ2v) is 5.08. The zero-order valence-electron chi connectivity index (χ0n) is 11.6. The molecule has 1 fully saturated rings. The van der Waals surface area contributed by atoms with Gasteiger partial charge in [0.2, 0.25) is 0 Å². The lowest BCUT2D eigenvalue weighted by atomic mass is 10.2. The summed E-state index contributed by atoms with van der Waals surface area (Å²) < 4.78 is 0. The van der Waals surface area contributed by atoms with Crippen molar-refractivity contribution < 1.29 is 0 Å². The molecule has 5 heteroatoms. The van der Waals surface area contributed by atoms with Crippen molar-refractivity contribution in [2.75, 3.05) is 39.0 Å². The first-order chi connectivity index (χ1) is 8.69. The molecular weight excluding hydrogens is 226 g/mol. The number of anilines is 1. The first-order valence-corrected chi connectivity index (χ1v) is 6.60. The van der Waals surface area contributed by atoms with Gasteiger partial charge < -0.3 is 10.2 Å². The topological polar surface area (TPSA) is 44.3 Å². The highest BCUT2D eigenvalue weighted by Crippen LogP contribution is 2.12. The summed E-state index contributed by atoms with van der Waals surface area (Å²) in [5.41, 5.74) is 1.05. The van der Waals surface area contributed by atoms with E-state index in [1.165, 1.54) is 13.0 Å². The fraction of sp³-hybridized carbons (Fsp3) is 0.692. The second kappa shape index (κ2) is 6.11. The van der Waals surface area contributed by atoms with E-state index in [9.17, 15) is 0 Å². The van der Waals surface area contributed by atoms with Gasteiger partial charge in [0, 0.05) is 32.7 Å². The maximum atomic E-state index is 4.45. The van der Waals surface area contributed by atoms with E-state index in [1.54, 1.807) is 6.20 Å². The predicted octanol–water partition coefficient (Wildman–Crippen LogP) is 1.04. The van der Waals surface area contributed by atoms with Crippen molar-refractivity contribution in [3.8, 4) is 0 Å². The van der Waals surface area contributed by atoms with Crippen molar-refractivity contribution in [2.24, 2.45) is 0 Å². The second-order valence-electron chi connectivity index (χ2n) is 5.08. The van der Waals surface area contributed by atoms with Crippen LogP contribution in [0.1, 0.15) is 19.0 Å².